The first-order valence-electron chi connectivity index (χ1n) is 7.94. The monoisotopic (exact) mass is 272 g/mol. The molecule has 20 heavy (non-hydrogen) atoms. The normalized spacial score (nSPS) is 29.1. The Morgan fingerprint density at radius 1 is 1.05 bits per heavy atom. The summed E-state index contributed by atoms with van der Waals surface area (Å²) >= 11 is 0. The number of carbonyl (C=O) groups excluding carboxylic acids is 1. The molecule has 1 aromatic carbocycles. The summed E-state index contributed by atoms with van der Waals surface area (Å²) in [5, 5.41) is 0. The number of hydrogen-bond acceptors (Lipinski definition) is 1. The maximum atomic E-state index is 11.9. The summed E-state index contributed by atoms with van der Waals surface area (Å²) in [5.74, 6) is 0.188. The van der Waals surface area contributed by atoms with Crippen molar-refractivity contribution in [1.82, 2.24) is 0 Å². The van der Waals surface area contributed by atoms with Gasteiger partial charge in [-0.3, -0.25) is 4.79 Å². The molecule has 0 amide bonds. The van der Waals surface area contributed by atoms with Crippen molar-refractivity contribution in [2.24, 2.45) is 0 Å². The lowest BCUT2D eigenvalue weighted by molar-refractivity contribution is 0.101. The zero-order valence-corrected chi connectivity index (χ0v) is 13.9. The van der Waals surface area contributed by atoms with Gasteiger partial charge in [0.25, 0.3) is 0 Å². The fourth-order valence-electron chi connectivity index (χ4n) is 3.64. The fourth-order valence-corrected chi connectivity index (χ4v) is 3.64. The van der Waals surface area contributed by atoms with Crippen LogP contribution >= 0.6 is 0 Å². The molecule has 110 valence electrons. The highest BCUT2D eigenvalue weighted by atomic mass is 16.1. The van der Waals surface area contributed by atoms with Crippen molar-refractivity contribution in [2.75, 3.05) is 0 Å². The molecule has 1 aromatic rings. The molecule has 1 nitrogen and oxygen atoms in total. The minimum Gasteiger partial charge on any atom is -0.295 e. The van der Waals surface area contributed by atoms with E-state index in [1.54, 1.807) is 6.92 Å². The third-order valence-electron chi connectivity index (χ3n) is 5.83. The average Bonchev–Trinajstić information content (AvgIpc) is 2.42. The molecule has 0 bridgehead atoms. The van der Waals surface area contributed by atoms with Crippen molar-refractivity contribution >= 4 is 5.78 Å². The van der Waals surface area contributed by atoms with E-state index in [9.17, 15) is 4.79 Å². The molecule has 0 heterocycles. The van der Waals surface area contributed by atoms with Gasteiger partial charge in [-0.05, 0) is 73.1 Å². The van der Waals surface area contributed by atoms with Gasteiger partial charge in [0.2, 0.25) is 0 Å². The van der Waals surface area contributed by atoms with Crippen molar-refractivity contribution in [2.45, 2.75) is 78.1 Å². The molecule has 0 spiro atoms. The van der Waals surface area contributed by atoms with Crippen LogP contribution in [0.15, 0.2) is 12.1 Å². The molecule has 1 heteroatoms. The number of fused-ring (bicyclic) bond motifs is 1. The van der Waals surface area contributed by atoms with Gasteiger partial charge in [-0.1, -0.05) is 33.8 Å². The summed E-state index contributed by atoms with van der Waals surface area (Å²) < 4.78 is 0. The molecular weight excluding hydrogens is 244 g/mol. The van der Waals surface area contributed by atoms with Gasteiger partial charge in [0, 0.05) is 5.56 Å². The fraction of sp³-hybridized carbons (Fsp3) is 0.632. The molecule has 0 fully saturated rings. The van der Waals surface area contributed by atoms with Crippen molar-refractivity contribution in [3.8, 4) is 0 Å². The lowest BCUT2D eigenvalue weighted by atomic mass is 9.59. The largest absolute Gasteiger partial charge is 0.295 e. The molecule has 0 saturated carbocycles. The van der Waals surface area contributed by atoms with Crippen LogP contribution in [-0.2, 0) is 10.8 Å². The third kappa shape index (κ3) is 2.21. The summed E-state index contributed by atoms with van der Waals surface area (Å²) in [6, 6.07) is 4.49. The van der Waals surface area contributed by atoms with Gasteiger partial charge in [-0.25, -0.2) is 0 Å². The maximum absolute atomic E-state index is 11.9. The molecule has 0 radical (unpaired) electrons. The molecule has 1 aliphatic carbocycles. The second kappa shape index (κ2) is 5.02. The van der Waals surface area contributed by atoms with Gasteiger partial charge >= 0.3 is 0 Å². The van der Waals surface area contributed by atoms with Crippen LogP contribution in [-0.4, -0.2) is 5.78 Å². The highest BCUT2D eigenvalue weighted by Crippen LogP contribution is 2.49. The Labute approximate surface area is 123 Å². The molecule has 2 atom stereocenters. The minimum absolute atomic E-state index is 0.188. The minimum atomic E-state index is 0.188. The topological polar surface area (TPSA) is 17.1 Å². The summed E-state index contributed by atoms with van der Waals surface area (Å²) in [7, 11) is 0. The van der Waals surface area contributed by atoms with E-state index in [-0.39, 0.29) is 16.6 Å². The molecule has 1 aliphatic rings. The summed E-state index contributed by atoms with van der Waals surface area (Å²) in [4.78, 5) is 11.9. The second-order valence-electron chi connectivity index (χ2n) is 7.10. The first kappa shape index (κ1) is 15.3. The van der Waals surface area contributed by atoms with Crippen LogP contribution in [0.3, 0.4) is 0 Å². The average molecular weight is 272 g/mol. The van der Waals surface area contributed by atoms with Crippen molar-refractivity contribution < 1.29 is 4.79 Å². The Morgan fingerprint density at radius 2 is 1.50 bits per heavy atom. The molecule has 0 unspecified atom stereocenters. The van der Waals surface area contributed by atoms with Crippen molar-refractivity contribution in [1.29, 1.82) is 0 Å². The van der Waals surface area contributed by atoms with E-state index in [2.05, 4.69) is 46.8 Å². The van der Waals surface area contributed by atoms with Gasteiger partial charge in [0.1, 0.15) is 0 Å². The molecular formula is C19H28O. The lowest BCUT2D eigenvalue weighted by Crippen LogP contribution is -2.37. The van der Waals surface area contributed by atoms with Crippen LogP contribution in [0.25, 0.3) is 0 Å². The Bertz CT molecular complexity index is 543. The Balaban J connectivity index is 2.73. The van der Waals surface area contributed by atoms with Crippen LogP contribution in [0, 0.1) is 6.92 Å². The van der Waals surface area contributed by atoms with E-state index in [0.717, 1.165) is 17.5 Å². The maximum Gasteiger partial charge on any atom is 0.160 e. The summed E-state index contributed by atoms with van der Waals surface area (Å²) in [6.45, 7) is 13.1. The SMILES string of the molecule is CC[C@@]1(C)CC[C@@](C)(CC)c2cc(C)c(C(C)=O)cc21. The van der Waals surface area contributed by atoms with Crippen LogP contribution < -0.4 is 0 Å². The van der Waals surface area contributed by atoms with Gasteiger partial charge < -0.3 is 0 Å². The van der Waals surface area contributed by atoms with E-state index >= 15 is 0 Å². The number of benzene rings is 1. The number of carbonyl (C=O) groups is 1. The standard InChI is InChI=1S/C19H28O/c1-7-18(5)9-10-19(6,8-2)17-12-15(14(4)20)13(3)11-16(17)18/h11-12H,7-10H2,1-6H3/t18-,19+/m1/s1. The molecule has 0 aromatic heterocycles. The highest BCUT2D eigenvalue weighted by Gasteiger charge is 2.40. The quantitative estimate of drug-likeness (QED) is 0.680. The van der Waals surface area contributed by atoms with Gasteiger partial charge in [0.05, 0.1) is 0 Å². The molecule has 2 rings (SSSR count). The van der Waals surface area contributed by atoms with E-state index in [1.165, 1.54) is 30.4 Å². The predicted molar refractivity (Wildman–Crippen MR) is 85.7 cm³/mol. The van der Waals surface area contributed by atoms with Crippen LogP contribution in [0.5, 0.6) is 0 Å². The number of hydrogen-bond donors (Lipinski definition) is 0. The van der Waals surface area contributed by atoms with Crippen molar-refractivity contribution in [3.05, 3.63) is 34.4 Å². The number of Topliss-reactive ketones (excluding diaryl/α,β-unsaturated/α-hetero) is 1. The third-order valence-corrected chi connectivity index (χ3v) is 5.83. The van der Waals surface area contributed by atoms with Gasteiger partial charge in [-0.15, -0.1) is 0 Å². The number of aryl methyl sites for hydroxylation is 1. The number of ketones is 1. The summed E-state index contributed by atoms with van der Waals surface area (Å²) in [5.41, 5.74) is 5.44. The van der Waals surface area contributed by atoms with Crippen LogP contribution in [0.1, 0.15) is 87.4 Å². The van der Waals surface area contributed by atoms with Crippen LogP contribution in [0.4, 0.5) is 0 Å². The predicted octanol–water partition coefficient (Wildman–Crippen LogP) is 5.33. The molecule has 0 N–H and O–H groups in total. The zero-order chi connectivity index (χ0) is 15.1. The first-order valence-corrected chi connectivity index (χ1v) is 7.94. The van der Waals surface area contributed by atoms with Gasteiger partial charge in [0.15, 0.2) is 5.78 Å². The zero-order valence-electron chi connectivity index (χ0n) is 13.9. The first-order chi connectivity index (χ1) is 9.27. The smallest absolute Gasteiger partial charge is 0.160 e. The Morgan fingerprint density at radius 3 is 1.90 bits per heavy atom. The summed E-state index contributed by atoms with van der Waals surface area (Å²) in [6.07, 6.45) is 4.78. The van der Waals surface area contributed by atoms with E-state index < -0.39 is 0 Å². The lowest BCUT2D eigenvalue weighted by Gasteiger charge is -2.45. The van der Waals surface area contributed by atoms with Crippen molar-refractivity contribution in [3.63, 3.8) is 0 Å². The van der Waals surface area contributed by atoms with E-state index in [0.29, 0.717) is 0 Å². The molecule has 0 saturated heterocycles. The van der Waals surface area contributed by atoms with E-state index in [1.807, 2.05) is 0 Å². The number of rotatable bonds is 3. The second-order valence-corrected chi connectivity index (χ2v) is 7.10. The highest BCUT2D eigenvalue weighted by molar-refractivity contribution is 5.96. The Hall–Kier alpha value is -1.11. The van der Waals surface area contributed by atoms with Gasteiger partial charge in [-0.2, -0.15) is 0 Å². The molecule has 0 aliphatic heterocycles. The Kier molecular flexibility index (Phi) is 3.83. The van der Waals surface area contributed by atoms with Crippen LogP contribution in [0.2, 0.25) is 0 Å². The van der Waals surface area contributed by atoms with E-state index in [4.69, 9.17) is 0 Å².